The van der Waals surface area contributed by atoms with E-state index in [0.29, 0.717) is 66.9 Å². The van der Waals surface area contributed by atoms with Crippen molar-refractivity contribution in [3.05, 3.63) is 113 Å². The van der Waals surface area contributed by atoms with Crippen LogP contribution in [0.3, 0.4) is 0 Å². The van der Waals surface area contributed by atoms with Gasteiger partial charge >= 0.3 is 0 Å². The van der Waals surface area contributed by atoms with Gasteiger partial charge in [0.25, 0.3) is 11.8 Å². The number of ether oxygens (including phenoxy) is 1. The van der Waals surface area contributed by atoms with Gasteiger partial charge in [-0.15, -0.1) is 0 Å². The topological polar surface area (TPSA) is 173 Å². The first-order valence-electron chi connectivity index (χ1n) is 20.7. The van der Waals surface area contributed by atoms with Gasteiger partial charge in [0, 0.05) is 105 Å². The molecule has 0 radical (unpaired) electrons. The maximum atomic E-state index is 14.0. The molecule has 5 aromatic rings. The molecule has 1 atom stereocenters. The predicted octanol–water partition coefficient (Wildman–Crippen LogP) is 5.68. The Bertz CT molecular complexity index is 2310. The van der Waals surface area contributed by atoms with E-state index in [9.17, 15) is 28.0 Å². The van der Waals surface area contributed by atoms with E-state index >= 15 is 0 Å². The van der Waals surface area contributed by atoms with Crippen LogP contribution in [-0.4, -0.2) is 104 Å². The van der Waals surface area contributed by atoms with Crippen molar-refractivity contribution < 1.29 is 32.7 Å². The van der Waals surface area contributed by atoms with Gasteiger partial charge in [0.2, 0.25) is 12.3 Å². The van der Waals surface area contributed by atoms with E-state index in [1.807, 2.05) is 31.2 Å². The molecule has 2 saturated heterocycles. The number of benzene rings is 4. The average Bonchev–Trinajstić information content (AvgIpc) is 3.65. The normalized spacial score (nSPS) is 15.2. The summed E-state index contributed by atoms with van der Waals surface area (Å²) in [6.07, 6.45) is 3.10. The number of carbonyl (C=O) groups is 4. The molecule has 1 aromatic heterocycles. The second-order valence-corrected chi connectivity index (χ2v) is 15.6. The smallest absolute Gasteiger partial charge is 0.259 e. The Morgan fingerprint density at radius 3 is 2.39 bits per heavy atom. The van der Waals surface area contributed by atoms with Crippen LogP contribution in [0.1, 0.15) is 64.4 Å². The van der Waals surface area contributed by atoms with Crippen LogP contribution in [0.5, 0.6) is 0 Å². The Morgan fingerprint density at radius 2 is 1.66 bits per heavy atom. The van der Waals surface area contributed by atoms with Gasteiger partial charge in [0.15, 0.2) is 5.82 Å². The third kappa shape index (κ3) is 11.7. The number of carbonyl (C=O) groups excluding carboxylic acids is 4. The highest BCUT2D eigenvalue weighted by Gasteiger charge is 2.22. The fraction of sp³-hybridized carbons (Fsp3) is 0.356. The summed E-state index contributed by atoms with van der Waals surface area (Å²) >= 11 is 0. The number of H-pyrrole nitrogens is 1. The monoisotopic (exact) mass is 835 g/mol. The first-order valence-corrected chi connectivity index (χ1v) is 20.7. The first-order chi connectivity index (χ1) is 29.6. The van der Waals surface area contributed by atoms with Crippen molar-refractivity contribution in [2.24, 2.45) is 0 Å². The number of hydrogen-bond donors (Lipinski definition) is 6. The molecule has 0 aliphatic carbocycles. The second-order valence-electron chi connectivity index (χ2n) is 15.6. The van der Waals surface area contributed by atoms with Crippen molar-refractivity contribution in [3.8, 4) is 0 Å². The molecule has 16 heteroatoms. The molecule has 7 rings (SSSR count). The minimum atomic E-state index is -0.650. The number of hydrogen-bond acceptors (Lipinski definition) is 10. The van der Waals surface area contributed by atoms with Crippen LogP contribution in [0.4, 0.5) is 31.7 Å². The van der Waals surface area contributed by atoms with E-state index in [2.05, 4.69) is 58.7 Å². The highest BCUT2D eigenvalue weighted by Crippen LogP contribution is 2.27. The minimum absolute atomic E-state index is 0.0632. The summed E-state index contributed by atoms with van der Waals surface area (Å²) < 4.78 is 33.3. The van der Waals surface area contributed by atoms with E-state index in [-0.39, 0.29) is 48.1 Å². The number of fused-ring (bicyclic) bond motifs is 1. The number of aromatic amines is 1. The van der Waals surface area contributed by atoms with Crippen molar-refractivity contribution in [2.75, 3.05) is 73.3 Å². The lowest BCUT2D eigenvalue weighted by Gasteiger charge is -2.36. The summed E-state index contributed by atoms with van der Waals surface area (Å²) in [5.74, 6) is -2.05. The quantitative estimate of drug-likeness (QED) is 0.0641. The van der Waals surface area contributed by atoms with Crippen LogP contribution >= 0.6 is 0 Å². The molecule has 2 fully saturated rings. The lowest BCUT2D eigenvalue weighted by Crippen LogP contribution is -2.48. The minimum Gasteiger partial charge on any atom is -0.383 e. The highest BCUT2D eigenvalue weighted by atomic mass is 19.1. The van der Waals surface area contributed by atoms with Crippen molar-refractivity contribution in [2.45, 2.75) is 51.1 Å². The third-order valence-corrected chi connectivity index (χ3v) is 11.1. The van der Waals surface area contributed by atoms with E-state index in [0.717, 1.165) is 62.0 Å². The lowest BCUT2D eigenvalue weighted by molar-refractivity contribution is -0.125. The van der Waals surface area contributed by atoms with Crippen molar-refractivity contribution >= 4 is 57.9 Å². The summed E-state index contributed by atoms with van der Waals surface area (Å²) in [4.78, 5) is 54.2. The van der Waals surface area contributed by atoms with Gasteiger partial charge in [-0.05, 0) is 110 Å². The molecule has 6 N–H and O–H groups in total. The van der Waals surface area contributed by atoms with E-state index in [4.69, 9.17) is 4.74 Å². The number of nitrogens with zero attached hydrogens (tertiary/aromatic N) is 3. The molecule has 4 amide bonds. The number of nitrogens with one attached hydrogen (secondary N) is 6. The van der Waals surface area contributed by atoms with Gasteiger partial charge < -0.3 is 30.9 Å². The van der Waals surface area contributed by atoms with Crippen molar-refractivity contribution in [1.82, 2.24) is 25.7 Å². The Kier molecular flexibility index (Phi) is 14.2. The average molecular weight is 836 g/mol. The molecule has 0 spiro atoms. The van der Waals surface area contributed by atoms with Gasteiger partial charge in [-0.1, -0.05) is 6.07 Å². The van der Waals surface area contributed by atoms with Crippen LogP contribution in [-0.2, 0) is 20.7 Å². The summed E-state index contributed by atoms with van der Waals surface area (Å²) in [6.45, 7) is 7.66. The molecule has 4 aromatic carbocycles. The van der Waals surface area contributed by atoms with Crippen LogP contribution in [0.25, 0.3) is 10.9 Å². The number of aromatic nitrogens is 2. The van der Waals surface area contributed by atoms with Crippen LogP contribution in [0.15, 0.2) is 78.9 Å². The first kappa shape index (κ1) is 42.7. The van der Waals surface area contributed by atoms with E-state index in [1.165, 1.54) is 12.1 Å². The zero-order valence-corrected chi connectivity index (χ0v) is 34.1. The number of piperazine rings is 1. The SMILES string of the molecule is CC(CCC(=O)NC=O)Nc1ccc(N2CCN(CCNC(=O)c3ccc(NC4CCOCC4)c(C(=O)Nc4n[nH]c5ccc(Cc6cc(F)cc(F)c6)cc45)c3)CC2)cc1. The Balaban J connectivity index is 0.940. The van der Waals surface area contributed by atoms with Crippen LogP contribution in [0, 0.1) is 11.6 Å². The largest absolute Gasteiger partial charge is 0.383 e. The number of imide groups is 1. The summed E-state index contributed by atoms with van der Waals surface area (Å²) in [6, 6.07) is 22.3. The van der Waals surface area contributed by atoms with Gasteiger partial charge in [-0.3, -0.25) is 34.5 Å². The maximum absolute atomic E-state index is 14.0. The predicted molar refractivity (Wildman–Crippen MR) is 231 cm³/mol. The van der Waals surface area contributed by atoms with Gasteiger partial charge in [0.1, 0.15) is 11.6 Å². The zero-order chi connectivity index (χ0) is 42.7. The molecule has 0 bridgehead atoms. The number of anilines is 4. The molecular formula is C45H51F2N9O5. The van der Waals surface area contributed by atoms with Gasteiger partial charge in [-0.25, -0.2) is 8.78 Å². The molecule has 1 unspecified atom stereocenters. The summed E-state index contributed by atoms with van der Waals surface area (Å²) in [7, 11) is 0. The summed E-state index contributed by atoms with van der Waals surface area (Å²) in [5.41, 5.74) is 5.23. The molecule has 61 heavy (non-hydrogen) atoms. The molecule has 2 aliphatic rings. The van der Waals surface area contributed by atoms with Crippen molar-refractivity contribution in [3.63, 3.8) is 0 Å². The molecule has 320 valence electrons. The number of rotatable bonds is 17. The van der Waals surface area contributed by atoms with Crippen LogP contribution < -0.4 is 31.5 Å². The third-order valence-electron chi connectivity index (χ3n) is 11.1. The fourth-order valence-electron chi connectivity index (χ4n) is 7.72. The number of amides is 4. The second kappa shape index (κ2) is 20.2. The summed E-state index contributed by atoms with van der Waals surface area (Å²) in [5, 5.41) is 22.9. The van der Waals surface area contributed by atoms with Gasteiger partial charge in [0.05, 0.1) is 11.1 Å². The van der Waals surface area contributed by atoms with Crippen LogP contribution in [0.2, 0.25) is 0 Å². The molecular weight excluding hydrogens is 785 g/mol. The molecule has 2 aliphatic heterocycles. The highest BCUT2D eigenvalue weighted by molar-refractivity contribution is 6.12. The maximum Gasteiger partial charge on any atom is 0.259 e. The Hall–Kier alpha value is -6.39. The molecule has 3 heterocycles. The van der Waals surface area contributed by atoms with E-state index < -0.39 is 17.5 Å². The van der Waals surface area contributed by atoms with Crippen molar-refractivity contribution in [1.29, 1.82) is 0 Å². The Morgan fingerprint density at radius 1 is 0.902 bits per heavy atom. The lowest BCUT2D eigenvalue weighted by atomic mass is 10.0. The standard InChI is InChI=1S/C45H51F2N9O5/c1-29(2-11-42(58)49-28-57)50-35-5-7-37(8-6-35)56-18-16-55(17-19-56)15-14-48-44(59)32-4-10-40(51-36-12-20-61-21-13-36)39(26-32)45(60)52-43-38-25-30(3-9-41(38)53-54-43)22-31-23-33(46)27-34(47)24-31/h3-10,23-29,36,50-51H,2,11-22H2,1H3,(H,48,59)(H,49,57,58)(H2,52,53,54,60). The number of halogens is 2. The molecule has 0 saturated carbocycles. The van der Waals surface area contributed by atoms with Gasteiger partial charge in [-0.2, -0.15) is 5.10 Å². The fourth-order valence-corrected chi connectivity index (χ4v) is 7.72. The zero-order valence-electron chi connectivity index (χ0n) is 34.1. The van der Waals surface area contributed by atoms with E-state index in [1.54, 1.807) is 24.3 Å². The Labute approximate surface area is 352 Å². The molecule has 14 nitrogen and oxygen atoms in total.